The number of methoxy groups -OCH3 is 1. The lowest BCUT2D eigenvalue weighted by atomic mass is 9.94. The lowest BCUT2D eigenvalue weighted by molar-refractivity contribution is -0.0253. The van der Waals surface area contributed by atoms with Gasteiger partial charge >= 0.3 is 0 Å². The van der Waals surface area contributed by atoms with Gasteiger partial charge in [0.15, 0.2) is 0 Å². The molecule has 0 amide bonds. The molecule has 0 spiro atoms. The molecule has 1 heterocycles. The molecule has 5 unspecified atom stereocenters. The Labute approximate surface area is 115 Å². The largest absolute Gasteiger partial charge is 0.396 e. The minimum Gasteiger partial charge on any atom is -0.396 e. The Kier molecular flexibility index (Phi) is 7.87. The van der Waals surface area contributed by atoms with Crippen molar-refractivity contribution in [2.24, 2.45) is 11.8 Å². The first-order valence-electron chi connectivity index (χ1n) is 7.12. The first-order valence-corrected chi connectivity index (χ1v) is 7.12. The summed E-state index contributed by atoms with van der Waals surface area (Å²) in [5.41, 5.74) is 0. The van der Waals surface area contributed by atoms with Crippen LogP contribution in [0.25, 0.3) is 0 Å². The molecule has 0 aromatic heterocycles. The van der Waals surface area contributed by atoms with E-state index in [1.54, 1.807) is 7.11 Å². The Morgan fingerprint density at radius 2 is 1.74 bits per heavy atom. The van der Waals surface area contributed by atoms with E-state index in [1.807, 2.05) is 6.92 Å². The van der Waals surface area contributed by atoms with E-state index in [1.165, 1.54) is 0 Å². The number of aliphatic hydroxyl groups is 3. The van der Waals surface area contributed by atoms with Crippen molar-refractivity contribution in [3.05, 3.63) is 0 Å². The van der Waals surface area contributed by atoms with Crippen molar-refractivity contribution in [2.75, 3.05) is 26.9 Å². The molecule has 5 nitrogen and oxygen atoms in total. The average Bonchev–Trinajstić information content (AvgIpc) is 2.34. The standard InChI is InChI=1S/C14H28O5/c1-10-3-12(16)5-13(17)6-14(18-2)4-11(7-15)9-19-8-10/h10-17H,3-9H2,1-2H3. The van der Waals surface area contributed by atoms with Crippen molar-refractivity contribution < 1.29 is 24.8 Å². The summed E-state index contributed by atoms with van der Waals surface area (Å²) in [5, 5.41) is 29.2. The first-order chi connectivity index (χ1) is 9.05. The van der Waals surface area contributed by atoms with Crippen LogP contribution in [0.3, 0.4) is 0 Å². The molecule has 0 bridgehead atoms. The Balaban J connectivity index is 2.61. The van der Waals surface area contributed by atoms with E-state index in [0.717, 1.165) is 0 Å². The third-order valence-electron chi connectivity index (χ3n) is 3.70. The second-order valence-corrected chi connectivity index (χ2v) is 5.80. The van der Waals surface area contributed by atoms with Crippen LogP contribution in [0.15, 0.2) is 0 Å². The molecule has 1 fully saturated rings. The molecule has 1 rings (SSSR count). The minimum atomic E-state index is -0.563. The SMILES string of the molecule is COC1CC(O)CC(O)CC(C)COCC(CO)C1. The van der Waals surface area contributed by atoms with Crippen LogP contribution < -0.4 is 0 Å². The van der Waals surface area contributed by atoms with Crippen molar-refractivity contribution in [1.82, 2.24) is 0 Å². The van der Waals surface area contributed by atoms with Crippen LogP contribution in [-0.2, 0) is 9.47 Å². The minimum absolute atomic E-state index is 0.0358. The Morgan fingerprint density at radius 3 is 2.37 bits per heavy atom. The molecule has 19 heavy (non-hydrogen) atoms. The van der Waals surface area contributed by atoms with E-state index in [9.17, 15) is 15.3 Å². The summed E-state index contributed by atoms with van der Waals surface area (Å²) in [4.78, 5) is 0. The fraction of sp³-hybridized carbons (Fsp3) is 1.00. The highest BCUT2D eigenvalue weighted by molar-refractivity contribution is 4.74. The van der Waals surface area contributed by atoms with Crippen LogP contribution in [0.2, 0.25) is 0 Å². The van der Waals surface area contributed by atoms with Crippen molar-refractivity contribution in [2.45, 2.75) is 50.9 Å². The summed E-state index contributed by atoms with van der Waals surface area (Å²) in [7, 11) is 1.61. The van der Waals surface area contributed by atoms with Gasteiger partial charge in [-0.1, -0.05) is 6.92 Å². The van der Waals surface area contributed by atoms with E-state index in [-0.39, 0.29) is 24.5 Å². The highest BCUT2D eigenvalue weighted by Crippen LogP contribution is 2.20. The fourth-order valence-corrected chi connectivity index (χ4v) is 2.63. The van der Waals surface area contributed by atoms with Gasteiger partial charge in [0.05, 0.1) is 24.9 Å². The molecule has 0 aliphatic carbocycles. The van der Waals surface area contributed by atoms with Crippen molar-refractivity contribution in [3.63, 3.8) is 0 Å². The van der Waals surface area contributed by atoms with Crippen LogP contribution in [0.1, 0.15) is 32.6 Å². The topological polar surface area (TPSA) is 79.2 Å². The van der Waals surface area contributed by atoms with Crippen LogP contribution >= 0.6 is 0 Å². The smallest absolute Gasteiger partial charge is 0.0600 e. The van der Waals surface area contributed by atoms with E-state index in [2.05, 4.69) is 0 Å². The van der Waals surface area contributed by atoms with Crippen molar-refractivity contribution in [3.8, 4) is 0 Å². The zero-order valence-electron chi connectivity index (χ0n) is 12.0. The quantitative estimate of drug-likeness (QED) is 0.687. The lowest BCUT2D eigenvalue weighted by Gasteiger charge is -2.27. The maximum absolute atomic E-state index is 9.98. The van der Waals surface area contributed by atoms with E-state index < -0.39 is 12.2 Å². The van der Waals surface area contributed by atoms with Crippen molar-refractivity contribution >= 4 is 0 Å². The molecule has 5 atom stereocenters. The van der Waals surface area contributed by atoms with Crippen LogP contribution in [0.5, 0.6) is 0 Å². The summed E-state index contributed by atoms with van der Waals surface area (Å²) < 4.78 is 10.9. The number of ether oxygens (including phenoxy) is 2. The van der Waals surface area contributed by atoms with Gasteiger partial charge < -0.3 is 24.8 Å². The molecule has 114 valence electrons. The molecular weight excluding hydrogens is 248 g/mol. The maximum atomic E-state index is 9.98. The van der Waals surface area contributed by atoms with E-state index >= 15 is 0 Å². The molecule has 1 aliphatic heterocycles. The van der Waals surface area contributed by atoms with Gasteiger partial charge in [-0.25, -0.2) is 0 Å². The molecular formula is C14H28O5. The van der Waals surface area contributed by atoms with Gasteiger partial charge in [-0.15, -0.1) is 0 Å². The van der Waals surface area contributed by atoms with Crippen LogP contribution in [-0.4, -0.2) is 60.6 Å². The third kappa shape index (κ3) is 6.68. The van der Waals surface area contributed by atoms with Crippen LogP contribution in [0, 0.1) is 11.8 Å². The third-order valence-corrected chi connectivity index (χ3v) is 3.70. The predicted molar refractivity (Wildman–Crippen MR) is 71.8 cm³/mol. The molecule has 0 aromatic carbocycles. The first kappa shape index (κ1) is 16.9. The van der Waals surface area contributed by atoms with Gasteiger partial charge in [-0.2, -0.15) is 0 Å². The molecule has 3 N–H and O–H groups in total. The Morgan fingerprint density at radius 1 is 1.05 bits per heavy atom. The Hall–Kier alpha value is -0.200. The van der Waals surface area contributed by atoms with Gasteiger partial charge in [0.2, 0.25) is 0 Å². The van der Waals surface area contributed by atoms with Crippen molar-refractivity contribution in [1.29, 1.82) is 0 Å². The number of hydrogen-bond acceptors (Lipinski definition) is 5. The molecule has 1 aliphatic rings. The number of hydrogen-bond donors (Lipinski definition) is 3. The zero-order valence-corrected chi connectivity index (χ0v) is 12.0. The monoisotopic (exact) mass is 276 g/mol. The molecule has 0 radical (unpaired) electrons. The fourth-order valence-electron chi connectivity index (χ4n) is 2.63. The average molecular weight is 276 g/mol. The summed E-state index contributed by atoms with van der Waals surface area (Å²) >= 11 is 0. The summed E-state index contributed by atoms with van der Waals surface area (Å²) in [6.45, 7) is 3.15. The van der Waals surface area contributed by atoms with Gasteiger partial charge in [-0.05, 0) is 31.6 Å². The summed E-state index contributed by atoms with van der Waals surface area (Å²) in [5.74, 6) is 0.285. The Bertz CT molecular complexity index is 236. The van der Waals surface area contributed by atoms with E-state index in [4.69, 9.17) is 9.47 Å². The second-order valence-electron chi connectivity index (χ2n) is 5.80. The van der Waals surface area contributed by atoms with Crippen LogP contribution in [0.4, 0.5) is 0 Å². The number of aliphatic hydroxyl groups excluding tert-OH is 3. The lowest BCUT2D eigenvalue weighted by Crippen LogP contribution is -2.30. The normalized spacial score (nSPS) is 39.3. The highest BCUT2D eigenvalue weighted by Gasteiger charge is 2.23. The molecule has 0 aromatic rings. The van der Waals surface area contributed by atoms with E-state index in [0.29, 0.717) is 38.9 Å². The van der Waals surface area contributed by atoms with Gasteiger partial charge in [0.25, 0.3) is 0 Å². The molecule has 5 heteroatoms. The number of rotatable bonds is 2. The summed E-state index contributed by atoms with van der Waals surface area (Å²) in [6, 6.07) is 0. The summed E-state index contributed by atoms with van der Waals surface area (Å²) in [6.07, 6.45) is 0.963. The molecule has 0 saturated carbocycles. The molecule has 1 saturated heterocycles. The maximum Gasteiger partial charge on any atom is 0.0600 e. The van der Waals surface area contributed by atoms with Gasteiger partial charge in [0.1, 0.15) is 0 Å². The highest BCUT2D eigenvalue weighted by atomic mass is 16.5. The van der Waals surface area contributed by atoms with Gasteiger partial charge in [-0.3, -0.25) is 0 Å². The second kappa shape index (κ2) is 8.87. The zero-order chi connectivity index (χ0) is 14.3. The predicted octanol–water partition coefficient (Wildman–Crippen LogP) is 0.558. The van der Waals surface area contributed by atoms with Gasteiger partial charge in [0, 0.05) is 26.2 Å².